The molecule has 0 heterocycles. The predicted octanol–water partition coefficient (Wildman–Crippen LogP) is 0.644. The van der Waals surface area contributed by atoms with Crippen molar-refractivity contribution in [3.8, 4) is 6.07 Å². The Balaban J connectivity index is 3.92. The average Bonchev–Trinajstić information content (AvgIpc) is 1.87. The Bertz CT molecular complexity index is 171. The van der Waals surface area contributed by atoms with Crippen LogP contribution in [0.5, 0.6) is 0 Å². The van der Waals surface area contributed by atoms with E-state index >= 15 is 0 Å². The molecule has 0 aliphatic heterocycles. The van der Waals surface area contributed by atoms with E-state index in [2.05, 4.69) is 5.32 Å². The van der Waals surface area contributed by atoms with E-state index in [0.717, 1.165) is 0 Å². The van der Waals surface area contributed by atoms with Crippen molar-refractivity contribution in [2.24, 2.45) is 0 Å². The van der Waals surface area contributed by atoms with Gasteiger partial charge in [-0.05, 0) is 13.8 Å². The molecule has 56 valence electrons. The standard InChI is InChI=1S/C6H9ClN2O/c1-6(2,4-8)9-5(10)3-7/h3H2,1-2H3,(H,9,10). The molecule has 0 saturated carbocycles. The Labute approximate surface area is 65.0 Å². The molecule has 0 radical (unpaired) electrons. The van der Waals surface area contributed by atoms with Gasteiger partial charge < -0.3 is 5.32 Å². The van der Waals surface area contributed by atoms with Crippen LogP contribution in [0.15, 0.2) is 0 Å². The number of nitriles is 1. The van der Waals surface area contributed by atoms with E-state index in [4.69, 9.17) is 16.9 Å². The van der Waals surface area contributed by atoms with Gasteiger partial charge in [-0.1, -0.05) is 0 Å². The lowest BCUT2D eigenvalue weighted by Gasteiger charge is -2.15. The zero-order valence-electron chi connectivity index (χ0n) is 5.94. The lowest BCUT2D eigenvalue weighted by Crippen LogP contribution is -2.42. The summed E-state index contributed by atoms with van der Waals surface area (Å²) in [4.78, 5) is 10.6. The lowest BCUT2D eigenvalue weighted by molar-refractivity contribution is -0.119. The van der Waals surface area contributed by atoms with Gasteiger partial charge in [0.2, 0.25) is 5.91 Å². The van der Waals surface area contributed by atoms with Crippen LogP contribution in [0.2, 0.25) is 0 Å². The van der Waals surface area contributed by atoms with Crippen LogP contribution in [0.1, 0.15) is 13.8 Å². The third kappa shape index (κ3) is 3.31. The topological polar surface area (TPSA) is 52.9 Å². The molecular formula is C6H9ClN2O. The highest BCUT2D eigenvalue weighted by molar-refractivity contribution is 6.27. The number of hydrogen-bond donors (Lipinski definition) is 1. The second-order valence-corrected chi connectivity index (χ2v) is 2.69. The number of carbonyl (C=O) groups excluding carboxylic acids is 1. The highest BCUT2D eigenvalue weighted by Gasteiger charge is 2.17. The molecule has 1 N–H and O–H groups in total. The molecule has 0 aromatic rings. The van der Waals surface area contributed by atoms with Crippen LogP contribution in [-0.2, 0) is 4.79 Å². The van der Waals surface area contributed by atoms with Crippen molar-refractivity contribution in [1.82, 2.24) is 5.32 Å². The van der Waals surface area contributed by atoms with E-state index in [0.29, 0.717) is 0 Å². The number of halogens is 1. The van der Waals surface area contributed by atoms with E-state index in [1.54, 1.807) is 13.8 Å². The molecule has 0 aromatic carbocycles. The van der Waals surface area contributed by atoms with Crippen molar-refractivity contribution in [3.63, 3.8) is 0 Å². The third-order valence-electron chi connectivity index (χ3n) is 0.853. The minimum Gasteiger partial charge on any atom is -0.337 e. The van der Waals surface area contributed by atoms with Crippen LogP contribution < -0.4 is 5.32 Å². The first-order chi connectivity index (χ1) is 4.52. The molecule has 0 unspecified atom stereocenters. The first-order valence-corrected chi connectivity index (χ1v) is 3.33. The van der Waals surface area contributed by atoms with E-state index in [1.807, 2.05) is 6.07 Å². The minimum atomic E-state index is -0.814. The van der Waals surface area contributed by atoms with Gasteiger partial charge in [0, 0.05) is 0 Å². The monoisotopic (exact) mass is 160 g/mol. The molecule has 0 rings (SSSR count). The van der Waals surface area contributed by atoms with E-state index in [1.165, 1.54) is 0 Å². The smallest absolute Gasteiger partial charge is 0.236 e. The summed E-state index contributed by atoms with van der Waals surface area (Å²) in [6, 6.07) is 1.92. The van der Waals surface area contributed by atoms with Gasteiger partial charge in [-0.2, -0.15) is 5.26 Å². The maximum absolute atomic E-state index is 10.6. The van der Waals surface area contributed by atoms with Gasteiger partial charge in [0.25, 0.3) is 0 Å². The second-order valence-electron chi connectivity index (χ2n) is 2.42. The summed E-state index contributed by atoms with van der Waals surface area (Å²) in [6.07, 6.45) is 0. The Morgan fingerprint density at radius 2 is 2.30 bits per heavy atom. The van der Waals surface area contributed by atoms with Crippen molar-refractivity contribution in [2.45, 2.75) is 19.4 Å². The van der Waals surface area contributed by atoms with E-state index in [-0.39, 0.29) is 11.8 Å². The number of nitrogens with zero attached hydrogens (tertiary/aromatic N) is 1. The summed E-state index contributed by atoms with van der Waals surface area (Å²) in [5.74, 6) is -0.432. The zero-order valence-corrected chi connectivity index (χ0v) is 6.70. The third-order valence-corrected chi connectivity index (χ3v) is 1.10. The Hall–Kier alpha value is -0.750. The van der Waals surface area contributed by atoms with E-state index in [9.17, 15) is 4.79 Å². The molecule has 0 fully saturated rings. The summed E-state index contributed by atoms with van der Waals surface area (Å²) >= 11 is 5.19. The highest BCUT2D eigenvalue weighted by atomic mass is 35.5. The fourth-order valence-electron chi connectivity index (χ4n) is 0.410. The average molecular weight is 161 g/mol. The van der Waals surface area contributed by atoms with Crippen molar-refractivity contribution in [1.29, 1.82) is 5.26 Å². The Morgan fingerprint density at radius 3 is 2.60 bits per heavy atom. The normalized spacial score (nSPS) is 10.2. The van der Waals surface area contributed by atoms with Crippen molar-refractivity contribution < 1.29 is 4.79 Å². The maximum atomic E-state index is 10.6. The largest absolute Gasteiger partial charge is 0.337 e. The molecular weight excluding hydrogens is 152 g/mol. The van der Waals surface area contributed by atoms with Crippen LogP contribution in [0.4, 0.5) is 0 Å². The van der Waals surface area contributed by atoms with Gasteiger partial charge in [-0.15, -0.1) is 11.6 Å². The molecule has 1 amide bonds. The Kier molecular flexibility index (Phi) is 3.17. The second kappa shape index (κ2) is 3.43. The fourth-order valence-corrected chi connectivity index (χ4v) is 0.477. The molecule has 0 aromatic heterocycles. The molecule has 0 spiro atoms. The van der Waals surface area contributed by atoms with Crippen molar-refractivity contribution in [2.75, 3.05) is 5.88 Å². The molecule has 0 aliphatic carbocycles. The first-order valence-electron chi connectivity index (χ1n) is 2.80. The van der Waals surface area contributed by atoms with Crippen LogP contribution in [0.3, 0.4) is 0 Å². The lowest BCUT2D eigenvalue weighted by atomic mass is 10.1. The highest BCUT2D eigenvalue weighted by Crippen LogP contribution is 1.97. The molecule has 3 nitrogen and oxygen atoms in total. The summed E-state index contributed by atoms with van der Waals surface area (Å²) < 4.78 is 0. The number of alkyl halides is 1. The van der Waals surface area contributed by atoms with E-state index < -0.39 is 5.54 Å². The van der Waals surface area contributed by atoms with Crippen LogP contribution in [-0.4, -0.2) is 17.3 Å². The molecule has 0 aliphatic rings. The molecule has 4 heteroatoms. The summed E-state index contributed by atoms with van der Waals surface area (Å²) in [7, 11) is 0. The molecule has 10 heavy (non-hydrogen) atoms. The SMILES string of the molecule is CC(C)(C#N)NC(=O)CCl. The van der Waals surface area contributed by atoms with Crippen molar-refractivity contribution >= 4 is 17.5 Å². The van der Waals surface area contributed by atoms with Gasteiger partial charge in [-0.3, -0.25) is 4.79 Å². The Morgan fingerprint density at radius 1 is 1.80 bits per heavy atom. The van der Waals surface area contributed by atoms with Gasteiger partial charge in [0.15, 0.2) is 0 Å². The van der Waals surface area contributed by atoms with Gasteiger partial charge >= 0.3 is 0 Å². The van der Waals surface area contributed by atoms with Crippen molar-refractivity contribution in [3.05, 3.63) is 0 Å². The quantitative estimate of drug-likeness (QED) is 0.603. The first kappa shape index (κ1) is 9.25. The van der Waals surface area contributed by atoms with Crippen LogP contribution >= 0.6 is 11.6 Å². The molecule has 0 saturated heterocycles. The number of carbonyl (C=O) groups is 1. The minimum absolute atomic E-state index is 0.106. The van der Waals surface area contributed by atoms with Gasteiger partial charge in [-0.25, -0.2) is 0 Å². The zero-order chi connectivity index (χ0) is 8.20. The van der Waals surface area contributed by atoms with Crippen LogP contribution in [0.25, 0.3) is 0 Å². The number of amides is 1. The summed E-state index contributed by atoms with van der Waals surface area (Å²) in [5.41, 5.74) is -0.814. The number of nitrogens with one attached hydrogen (secondary N) is 1. The van der Waals surface area contributed by atoms with Crippen LogP contribution in [0, 0.1) is 11.3 Å². The summed E-state index contributed by atoms with van der Waals surface area (Å²) in [5, 5.41) is 10.9. The fraction of sp³-hybridized carbons (Fsp3) is 0.667. The molecule has 0 atom stereocenters. The molecule has 0 bridgehead atoms. The maximum Gasteiger partial charge on any atom is 0.236 e. The van der Waals surface area contributed by atoms with Gasteiger partial charge in [0.05, 0.1) is 6.07 Å². The summed E-state index contributed by atoms with van der Waals surface area (Å²) in [6.45, 7) is 3.22. The number of rotatable bonds is 2. The number of hydrogen-bond acceptors (Lipinski definition) is 2. The predicted molar refractivity (Wildman–Crippen MR) is 38.6 cm³/mol. The van der Waals surface area contributed by atoms with Gasteiger partial charge in [0.1, 0.15) is 11.4 Å².